The van der Waals surface area contributed by atoms with Crippen molar-refractivity contribution in [1.82, 2.24) is 4.90 Å². The van der Waals surface area contributed by atoms with Gasteiger partial charge in [-0.1, -0.05) is 6.42 Å². The zero-order chi connectivity index (χ0) is 19.7. The molecule has 1 unspecified atom stereocenters. The van der Waals surface area contributed by atoms with Crippen LogP contribution in [0.25, 0.3) is 0 Å². The van der Waals surface area contributed by atoms with Crippen LogP contribution in [0.1, 0.15) is 40.0 Å². The average Bonchev–Trinajstić information content (AvgIpc) is 2.53. The van der Waals surface area contributed by atoms with E-state index in [0.717, 1.165) is 13.1 Å². The molecule has 0 aromatic carbocycles. The standard InChI is InChI=1S/C17H40NO5PSi2/c1-7-20-26(21-8-2,22-9-3)16-15-24(19,23-25(4,5)6)17-18-13-11-10-12-14-18/h7-17H2,1-6H3. The van der Waals surface area contributed by atoms with Gasteiger partial charge in [-0.05, 0) is 66.3 Å². The number of piperidine rings is 1. The number of hydrogen-bond donors (Lipinski definition) is 0. The minimum atomic E-state index is -2.80. The van der Waals surface area contributed by atoms with Crippen LogP contribution >= 0.6 is 7.37 Å². The number of rotatable bonds is 13. The molecule has 9 heteroatoms. The third-order valence-electron chi connectivity index (χ3n) is 4.16. The summed E-state index contributed by atoms with van der Waals surface area (Å²) in [4.78, 5) is 2.32. The maximum atomic E-state index is 13.8. The van der Waals surface area contributed by atoms with Crippen molar-refractivity contribution in [3.8, 4) is 0 Å². The first kappa shape index (κ1) is 24.5. The van der Waals surface area contributed by atoms with Crippen molar-refractivity contribution in [3.05, 3.63) is 0 Å². The van der Waals surface area contributed by atoms with E-state index in [9.17, 15) is 4.57 Å². The summed E-state index contributed by atoms with van der Waals surface area (Å²) in [5.74, 6) is 0. The van der Waals surface area contributed by atoms with Crippen molar-refractivity contribution in [3.63, 3.8) is 0 Å². The number of hydrogen-bond acceptors (Lipinski definition) is 6. The predicted molar refractivity (Wildman–Crippen MR) is 113 cm³/mol. The van der Waals surface area contributed by atoms with E-state index in [1.54, 1.807) is 0 Å². The van der Waals surface area contributed by atoms with Gasteiger partial charge in [0.1, 0.15) is 0 Å². The second-order valence-electron chi connectivity index (χ2n) is 7.79. The van der Waals surface area contributed by atoms with Crippen LogP contribution in [-0.4, -0.2) is 67.4 Å². The Morgan fingerprint density at radius 1 is 0.885 bits per heavy atom. The molecule has 0 amide bonds. The van der Waals surface area contributed by atoms with E-state index in [4.69, 9.17) is 17.5 Å². The summed E-state index contributed by atoms with van der Waals surface area (Å²) in [6.45, 7) is 15.8. The highest BCUT2D eigenvalue weighted by molar-refractivity contribution is 7.60. The molecular weight excluding hydrogens is 385 g/mol. The molecule has 156 valence electrons. The molecule has 0 spiro atoms. The molecule has 1 fully saturated rings. The fourth-order valence-electron chi connectivity index (χ4n) is 3.36. The Balaban J connectivity index is 2.89. The highest BCUT2D eigenvalue weighted by atomic mass is 31.2. The smallest absolute Gasteiger partial charge is 0.374 e. The van der Waals surface area contributed by atoms with Gasteiger partial charge in [0.15, 0.2) is 8.32 Å². The normalized spacial score (nSPS) is 19.5. The molecule has 0 aromatic heterocycles. The topological polar surface area (TPSA) is 57.2 Å². The van der Waals surface area contributed by atoms with Crippen LogP contribution in [-0.2, 0) is 22.1 Å². The lowest BCUT2D eigenvalue weighted by Gasteiger charge is -2.35. The van der Waals surface area contributed by atoms with Crippen LogP contribution < -0.4 is 0 Å². The van der Waals surface area contributed by atoms with E-state index >= 15 is 0 Å². The summed E-state index contributed by atoms with van der Waals surface area (Å²) >= 11 is 0. The first-order chi connectivity index (χ1) is 12.2. The Hall–Kier alpha value is 0.464. The average molecular weight is 426 g/mol. The van der Waals surface area contributed by atoms with Crippen LogP contribution in [0.3, 0.4) is 0 Å². The molecule has 1 saturated heterocycles. The molecule has 0 radical (unpaired) electrons. The summed E-state index contributed by atoms with van der Waals surface area (Å²) in [7, 11) is -7.52. The molecule has 1 heterocycles. The Morgan fingerprint density at radius 2 is 1.38 bits per heavy atom. The van der Waals surface area contributed by atoms with Crippen molar-refractivity contribution >= 4 is 24.5 Å². The highest BCUT2D eigenvalue weighted by Gasteiger charge is 2.44. The van der Waals surface area contributed by atoms with Gasteiger partial charge in [-0.25, -0.2) is 0 Å². The molecule has 1 rings (SSSR count). The Kier molecular flexibility index (Phi) is 10.8. The molecular formula is C17H40NO5PSi2. The van der Waals surface area contributed by atoms with E-state index in [2.05, 4.69) is 24.5 Å². The molecule has 26 heavy (non-hydrogen) atoms. The first-order valence-electron chi connectivity index (χ1n) is 10.1. The Morgan fingerprint density at radius 3 is 1.81 bits per heavy atom. The van der Waals surface area contributed by atoms with Gasteiger partial charge in [-0.2, -0.15) is 0 Å². The van der Waals surface area contributed by atoms with Crippen LogP contribution in [0.4, 0.5) is 0 Å². The third-order valence-corrected chi connectivity index (χ3v) is 12.9. The molecule has 1 aliphatic heterocycles. The zero-order valence-electron chi connectivity index (χ0n) is 17.7. The van der Waals surface area contributed by atoms with Crippen LogP contribution in [0.15, 0.2) is 0 Å². The fraction of sp³-hybridized carbons (Fsp3) is 1.00. The highest BCUT2D eigenvalue weighted by Crippen LogP contribution is 2.52. The fourth-order valence-corrected chi connectivity index (χ4v) is 13.4. The lowest BCUT2D eigenvalue weighted by Crippen LogP contribution is -2.47. The van der Waals surface area contributed by atoms with Crippen LogP contribution in [0, 0.1) is 0 Å². The van der Waals surface area contributed by atoms with E-state index in [-0.39, 0.29) is 0 Å². The van der Waals surface area contributed by atoms with Gasteiger partial charge in [0.2, 0.25) is 7.37 Å². The molecule has 0 aliphatic carbocycles. The molecule has 0 aromatic rings. The number of likely N-dealkylation sites (tertiary alicyclic amines) is 1. The lowest BCUT2D eigenvalue weighted by molar-refractivity contribution is 0.0725. The van der Waals surface area contributed by atoms with E-state index < -0.39 is 24.5 Å². The summed E-state index contributed by atoms with van der Waals surface area (Å²) in [5.41, 5.74) is 0. The van der Waals surface area contributed by atoms with Gasteiger partial charge in [-0.3, -0.25) is 9.46 Å². The maximum absolute atomic E-state index is 13.8. The van der Waals surface area contributed by atoms with Crippen molar-refractivity contribution in [2.75, 3.05) is 45.4 Å². The van der Waals surface area contributed by atoms with E-state index in [0.29, 0.717) is 38.3 Å². The molecule has 1 aliphatic rings. The van der Waals surface area contributed by atoms with Gasteiger partial charge in [0.05, 0.1) is 6.29 Å². The summed E-state index contributed by atoms with van der Waals surface area (Å²) < 4.78 is 37.9. The largest absolute Gasteiger partial charge is 0.501 e. The minimum absolute atomic E-state index is 0.472. The van der Waals surface area contributed by atoms with Gasteiger partial charge in [-0.15, -0.1) is 0 Å². The molecule has 1 atom stereocenters. The number of nitrogens with zero attached hydrogens (tertiary/aromatic N) is 1. The molecule has 0 N–H and O–H groups in total. The third kappa shape index (κ3) is 9.10. The first-order valence-corrected chi connectivity index (χ1v) is 17.4. The quantitative estimate of drug-likeness (QED) is 0.317. The molecule has 0 saturated carbocycles. The van der Waals surface area contributed by atoms with Gasteiger partial charge >= 0.3 is 8.80 Å². The predicted octanol–water partition coefficient (Wildman–Crippen LogP) is 4.61. The Bertz CT molecular complexity index is 424. The van der Waals surface area contributed by atoms with Crippen molar-refractivity contribution in [2.45, 2.75) is 65.7 Å². The van der Waals surface area contributed by atoms with Crippen molar-refractivity contribution in [2.24, 2.45) is 0 Å². The SMILES string of the molecule is CCO[Si](CCP(=O)(CN1CCCCC1)O[Si](C)(C)C)(OCC)OCC. The van der Waals surface area contributed by atoms with E-state index in [1.807, 2.05) is 20.8 Å². The van der Waals surface area contributed by atoms with Gasteiger partial charge < -0.3 is 17.5 Å². The van der Waals surface area contributed by atoms with Crippen LogP contribution in [0.5, 0.6) is 0 Å². The summed E-state index contributed by atoms with van der Waals surface area (Å²) in [5, 5.41) is 0. The van der Waals surface area contributed by atoms with Gasteiger partial charge in [0, 0.05) is 32.0 Å². The van der Waals surface area contributed by atoms with Crippen molar-refractivity contribution < 1.29 is 22.1 Å². The second kappa shape index (κ2) is 11.5. The summed E-state index contributed by atoms with van der Waals surface area (Å²) in [6, 6.07) is 0.554. The maximum Gasteiger partial charge on any atom is 0.501 e. The Labute approximate surface area is 162 Å². The lowest BCUT2D eigenvalue weighted by atomic mass is 10.1. The van der Waals surface area contributed by atoms with E-state index in [1.165, 1.54) is 19.3 Å². The minimum Gasteiger partial charge on any atom is -0.374 e. The second-order valence-corrected chi connectivity index (χ2v) is 17.8. The molecule has 6 nitrogen and oxygen atoms in total. The van der Waals surface area contributed by atoms with Crippen LogP contribution in [0.2, 0.25) is 25.7 Å². The van der Waals surface area contributed by atoms with Gasteiger partial charge in [0.25, 0.3) is 0 Å². The monoisotopic (exact) mass is 425 g/mol. The zero-order valence-corrected chi connectivity index (χ0v) is 20.6. The van der Waals surface area contributed by atoms with Crippen molar-refractivity contribution in [1.29, 1.82) is 0 Å². The molecule has 0 bridgehead atoms. The summed E-state index contributed by atoms with van der Waals surface area (Å²) in [6.07, 6.45) is 4.65.